The van der Waals surface area contributed by atoms with E-state index >= 15 is 0 Å². The number of nitro benzene ring substituents is 1. The monoisotopic (exact) mass is 222 g/mol. The Morgan fingerprint density at radius 2 is 2.25 bits per heavy atom. The molecule has 5 nitrogen and oxygen atoms in total. The molecule has 1 aliphatic heterocycles. The van der Waals surface area contributed by atoms with Crippen LogP contribution in [0, 0.1) is 10.1 Å². The summed E-state index contributed by atoms with van der Waals surface area (Å²) < 4.78 is 5.46. The first-order valence-corrected chi connectivity index (χ1v) is 5.30. The zero-order valence-corrected chi connectivity index (χ0v) is 9.32. The van der Waals surface area contributed by atoms with Crippen molar-refractivity contribution < 1.29 is 9.66 Å². The molecule has 1 N–H and O–H groups in total. The van der Waals surface area contributed by atoms with Crippen molar-refractivity contribution in [3.05, 3.63) is 27.8 Å². The van der Waals surface area contributed by atoms with Gasteiger partial charge in [0.15, 0.2) is 5.75 Å². The molecule has 1 aromatic rings. The van der Waals surface area contributed by atoms with Crippen LogP contribution in [0.4, 0.5) is 11.4 Å². The second-order valence-corrected chi connectivity index (χ2v) is 4.08. The van der Waals surface area contributed by atoms with Gasteiger partial charge in [-0.2, -0.15) is 0 Å². The molecular formula is C11H14N2O3. The van der Waals surface area contributed by atoms with Crippen molar-refractivity contribution in [3.8, 4) is 5.75 Å². The molecule has 0 atom stereocenters. The van der Waals surface area contributed by atoms with Crippen molar-refractivity contribution in [2.45, 2.75) is 26.4 Å². The van der Waals surface area contributed by atoms with E-state index < -0.39 is 4.92 Å². The molecule has 0 aliphatic carbocycles. The second kappa shape index (κ2) is 4.00. The molecule has 86 valence electrons. The fraction of sp³-hybridized carbons (Fsp3) is 0.455. The quantitative estimate of drug-likeness (QED) is 0.629. The van der Waals surface area contributed by atoms with E-state index in [1.165, 1.54) is 0 Å². The van der Waals surface area contributed by atoms with Crippen LogP contribution in [0.25, 0.3) is 0 Å². The molecular weight excluding hydrogens is 208 g/mol. The molecule has 0 fully saturated rings. The van der Waals surface area contributed by atoms with Gasteiger partial charge in [0, 0.05) is 18.3 Å². The third-order valence-electron chi connectivity index (χ3n) is 2.45. The highest BCUT2D eigenvalue weighted by Crippen LogP contribution is 2.36. The van der Waals surface area contributed by atoms with Gasteiger partial charge in [-0.25, -0.2) is 0 Å². The standard InChI is InChI=1S/C11H14N2O3/c1-7(2)16-11-5-8-3-4-12-9(8)6-10(11)13(14)15/h5-7,12H,3-4H2,1-2H3. The van der Waals surface area contributed by atoms with E-state index in [2.05, 4.69) is 5.32 Å². The van der Waals surface area contributed by atoms with Crippen molar-refractivity contribution in [2.75, 3.05) is 11.9 Å². The Balaban J connectivity index is 2.44. The first-order chi connectivity index (χ1) is 7.58. The summed E-state index contributed by atoms with van der Waals surface area (Å²) in [6, 6.07) is 3.33. The van der Waals surface area contributed by atoms with E-state index in [9.17, 15) is 10.1 Å². The lowest BCUT2D eigenvalue weighted by atomic mass is 10.1. The molecule has 1 aromatic carbocycles. The minimum absolute atomic E-state index is 0.0295. The van der Waals surface area contributed by atoms with E-state index in [-0.39, 0.29) is 11.8 Å². The van der Waals surface area contributed by atoms with Crippen LogP contribution in [0.5, 0.6) is 5.75 Å². The molecule has 1 heterocycles. The topological polar surface area (TPSA) is 64.4 Å². The van der Waals surface area contributed by atoms with Crippen molar-refractivity contribution >= 4 is 11.4 Å². The number of benzene rings is 1. The molecule has 0 saturated heterocycles. The van der Waals surface area contributed by atoms with Gasteiger partial charge in [0.2, 0.25) is 0 Å². The molecule has 0 spiro atoms. The van der Waals surface area contributed by atoms with Gasteiger partial charge in [-0.15, -0.1) is 0 Å². The third-order valence-corrected chi connectivity index (χ3v) is 2.45. The van der Waals surface area contributed by atoms with Crippen LogP contribution < -0.4 is 10.1 Å². The lowest BCUT2D eigenvalue weighted by molar-refractivity contribution is -0.386. The molecule has 16 heavy (non-hydrogen) atoms. The number of hydrogen-bond acceptors (Lipinski definition) is 4. The zero-order chi connectivity index (χ0) is 11.7. The summed E-state index contributed by atoms with van der Waals surface area (Å²) in [7, 11) is 0. The van der Waals surface area contributed by atoms with Gasteiger partial charge in [0.1, 0.15) is 0 Å². The van der Waals surface area contributed by atoms with Gasteiger partial charge in [-0.05, 0) is 31.9 Å². The summed E-state index contributed by atoms with van der Waals surface area (Å²) in [5.41, 5.74) is 1.96. The summed E-state index contributed by atoms with van der Waals surface area (Å²) in [4.78, 5) is 10.5. The number of nitrogens with one attached hydrogen (secondary N) is 1. The van der Waals surface area contributed by atoms with Gasteiger partial charge < -0.3 is 10.1 Å². The number of ether oxygens (including phenoxy) is 1. The van der Waals surface area contributed by atoms with Crippen molar-refractivity contribution in [2.24, 2.45) is 0 Å². The lowest BCUT2D eigenvalue weighted by Crippen LogP contribution is -2.07. The molecule has 2 rings (SSSR count). The molecule has 0 saturated carbocycles. The Morgan fingerprint density at radius 3 is 2.88 bits per heavy atom. The van der Waals surface area contributed by atoms with Crippen LogP contribution in [0.1, 0.15) is 19.4 Å². The van der Waals surface area contributed by atoms with Crippen LogP contribution in [0.2, 0.25) is 0 Å². The lowest BCUT2D eigenvalue weighted by Gasteiger charge is -2.11. The van der Waals surface area contributed by atoms with E-state index in [1.54, 1.807) is 12.1 Å². The fourth-order valence-corrected chi connectivity index (χ4v) is 1.80. The predicted octanol–water partition coefficient (Wildman–Crippen LogP) is 2.35. The van der Waals surface area contributed by atoms with Crippen molar-refractivity contribution in [3.63, 3.8) is 0 Å². The number of nitro groups is 1. The molecule has 1 aliphatic rings. The third kappa shape index (κ3) is 1.93. The van der Waals surface area contributed by atoms with E-state index in [0.717, 1.165) is 24.2 Å². The van der Waals surface area contributed by atoms with Crippen molar-refractivity contribution in [1.29, 1.82) is 0 Å². The SMILES string of the molecule is CC(C)Oc1cc2c(cc1[N+](=O)[O-])NCC2. The Kier molecular flexibility index (Phi) is 2.68. The summed E-state index contributed by atoms with van der Waals surface area (Å²) in [5, 5.41) is 14.0. The second-order valence-electron chi connectivity index (χ2n) is 4.08. The summed E-state index contributed by atoms with van der Waals surface area (Å²) in [5.74, 6) is 0.363. The maximum Gasteiger partial charge on any atom is 0.313 e. The number of nitrogens with zero attached hydrogens (tertiary/aromatic N) is 1. The smallest absolute Gasteiger partial charge is 0.313 e. The van der Waals surface area contributed by atoms with Crippen LogP contribution in [0.15, 0.2) is 12.1 Å². The Bertz CT molecular complexity index is 429. The molecule has 5 heteroatoms. The maximum atomic E-state index is 10.9. The van der Waals surface area contributed by atoms with Gasteiger partial charge in [-0.1, -0.05) is 0 Å². The Morgan fingerprint density at radius 1 is 1.50 bits per heavy atom. The molecule has 0 bridgehead atoms. The highest BCUT2D eigenvalue weighted by Gasteiger charge is 2.22. The normalized spacial score (nSPS) is 13.4. The minimum atomic E-state index is -0.405. The highest BCUT2D eigenvalue weighted by molar-refractivity contribution is 5.65. The summed E-state index contributed by atoms with van der Waals surface area (Å²) in [6.45, 7) is 4.54. The van der Waals surface area contributed by atoms with Gasteiger partial charge in [0.25, 0.3) is 0 Å². The Hall–Kier alpha value is -1.78. The van der Waals surface area contributed by atoms with E-state index in [0.29, 0.717) is 5.75 Å². The number of anilines is 1. The minimum Gasteiger partial charge on any atom is -0.484 e. The van der Waals surface area contributed by atoms with E-state index in [1.807, 2.05) is 13.8 Å². The fourth-order valence-electron chi connectivity index (χ4n) is 1.80. The molecule has 0 unspecified atom stereocenters. The molecule has 0 radical (unpaired) electrons. The number of fused-ring (bicyclic) bond motifs is 1. The first kappa shape index (κ1) is 10.7. The largest absolute Gasteiger partial charge is 0.484 e. The van der Waals surface area contributed by atoms with Crippen LogP contribution in [0.3, 0.4) is 0 Å². The summed E-state index contributed by atoms with van der Waals surface area (Å²) in [6.07, 6.45) is 0.827. The van der Waals surface area contributed by atoms with Crippen LogP contribution in [-0.4, -0.2) is 17.6 Å². The van der Waals surface area contributed by atoms with Gasteiger partial charge in [0.05, 0.1) is 11.0 Å². The average molecular weight is 222 g/mol. The zero-order valence-electron chi connectivity index (χ0n) is 9.32. The van der Waals surface area contributed by atoms with Crippen LogP contribution in [-0.2, 0) is 6.42 Å². The molecule has 0 amide bonds. The summed E-state index contributed by atoms with van der Waals surface area (Å²) >= 11 is 0. The number of rotatable bonds is 3. The first-order valence-electron chi connectivity index (χ1n) is 5.30. The van der Waals surface area contributed by atoms with Gasteiger partial charge in [-0.3, -0.25) is 10.1 Å². The van der Waals surface area contributed by atoms with E-state index in [4.69, 9.17) is 4.74 Å². The van der Waals surface area contributed by atoms with Gasteiger partial charge >= 0.3 is 5.69 Å². The number of hydrogen-bond donors (Lipinski definition) is 1. The average Bonchev–Trinajstić information content (AvgIpc) is 2.62. The molecule has 0 aromatic heterocycles. The Labute approximate surface area is 93.6 Å². The predicted molar refractivity (Wildman–Crippen MR) is 61.1 cm³/mol. The van der Waals surface area contributed by atoms with Crippen molar-refractivity contribution in [1.82, 2.24) is 0 Å². The van der Waals surface area contributed by atoms with Crippen LogP contribution >= 0.6 is 0 Å². The maximum absolute atomic E-state index is 10.9. The highest BCUT2D eigenvalue weighted by atomic mass is 16.6.